The molecular formula is C40H42F3N5O3. The Kier molecular flexibility index (Phi) is 7.52. The smallest absolute Gasteiger partial charge is 0.319 e. The van der Waals surface area contributed by atoms with Crippen LogP contribution < -0.4 is 15.0 Å². The number of hydrogen-bond donors (Lipinski definition) is 3. The zero-order chi connectivity index (χ0) is 35.3. The van der Waals surface area contributed by atoms with Crippen molar-refractivity contribution in [2.75, 3.05) is 44.2 Å². The Labute approximate surface area is 295 Å². The van der Waals surface area contributed by atoms with Crippen LogP contribution in [-0.4, -0.2) is 82.1 Å². The highest BCUT2D eigenvalue weighted by molar-refractivity contribution is 6.04. The van der Waals surface area contributed by atoms with Crippen LogP contribution in [0.25, 0.3) is 32.8 Å². The fourth-order valence-electron chi connectivity index (χ4n) is 9.77. The van der Waals surface area contributed by atoms with Crippen LogP contribution in [0, 0.1) is 40.6 Å². The predicted molar refractivity (Wildman–Crippen MR) is 189 cm³/mol. The average Bonchev–Trinajstić information content (AvgIpc) is 3.77. The van der Waals surface area contributed by atoms with Crippen LogP contribution >= 0.6 is 0 Å². The van der Waals surface area contributed by atoms with Gasteiger partial charge < -0.3 is 30.1 Å². The molecule has 0 amide bonds. The van der Waals surface area contributed by atoms with E-state index in [2.05, 4.69) is 26.0 Å². The Morgan fingerprint density at radius 2 is 1.73 bits per heavy atom. The Bertz CT molecular complexity index is 2100. The minimum absolute atomic E-state index is 0.0246. The van der Waals surface area contributed by atoms with Crippen molar-refractivity contribution in [1.82, 2.24) is 20.2 Å². The van der Waals surface area contributed by atoms with Crippen molar-refractivity contribution in [3.8, 4) is 35.2 Å². The van der Waals surface area contributed by atoms with Gasteiger partial charge in [-0.2, -0.15) is 9.97 Å². The molecule has 3 aromatic carbocycles. The van der Waals surface area contributed by atoms with Crippen LogP contribution in [0.2, 0.25) is 0 Å². The van der Waals surface area contributed by atoms with Crippen molar-refractivity contribution in [2.45, 2.75) is 76.0 Å². The molecule has 11 heteroatoms. The minimum Gasteiger partial charge on any atom is -0.508 e. The van der Waals surface area contributed by atoms with Crippen LogP contribution in [0.1, 0.15) is 63.9 Å². The third kappa shape index (κ3) is 5.76. The van der Waals surface area contributed by atoms with Gasteiger partial charge in [-0.3, -0.25) is 0 Å². The Balaban J connectivity index is 1.07. The number of likely N-dealkylation sites (tertiary alicyclic amines) is 1. The van der Waals surface area contributed by atoms with E-state index in [4.69, 9.17) is 16.1 Å². The molecule has 3 N–H and O–H groups in total. The van der Waals surface area contributed by atoms with Gasteiger partial charge in [0.25, 0.3) is 0 Å². The zero-order valence-electron chi connectivity index (χ0n) is 28.7. The number of halogens is 3. The van der Waals surface area contributed by atoms with Crippen LogP contribution in [0.3, 0.4) is 0 Å². The van der Waals surface area contributed by atoms with E-state index in [0.717, 1.165) is 71.0 Å². The summed E-state index contributed by atoms with van der Waals surface area (Å²) < 4.78 is 54.6. The van der Waals surface area contributed by atoms with Crippen molar-refractivity contribution in [1.29, 1.82) is 0 Å². The number of anilines is 1. The molecule has 3 saturated heterocycles. The molecule has 51 heavy (non-hydrogen) atoms. The standard InChI is InChI=1S/C40H42F3N5O3/c1-3-27-30(41)7-4-23-14-26(49)15-28(32(23)27)33-31(42)16-29-35(34(33)43)45-37(46-36(29)48-17-24-5-6-25(18-48)44-24)51-22-40(8-9-40)21-47-12-10-39(11-13-47)19-38(2,50)20-39/h1,4,7,14-16,24-25,44,49-50H,5-6,8-13,17-22H2,2H3. The van der Waals surface area contributed by atoms with Crippen LogP contribution in [0.5, 0.6) is 11.8 Å². The number of phenols is 1. The molecule has 3 aliphatic heterocycles. The third-order valence-corrected chi connectivity index (χ3v) is 12.3. The number of rotatable bonds is 7. The molecule has 2 atom stereocenters. The normalized spacial score (nSPS) is 24.5. The first-order valence-electron chi connectivity index (χ1n) is 18.1. The van der Waals surface area contributed by atoms with Gasteiger partial charge in [-0.15, -0.1) is 6.42 Å². The fourth-order valence-corrected chi connectivity index (χ4v) is 9.77. The average molecular weight is 698 g/mol. The van der Waals surface area contributed by atoms with Gasteiger partial charge in [0.2, 0.25) is 0 Å². The van der Waals surface area contributed by atoms with Gasteiger partial charge in [-0.25, -0.2) is 13.2 Å². The number of fused-ring (bicyclic) bond motifs is 4. The molecule has 4 heterocycles. The summed E-state index contributed by atoms with van der Waals surface area (Å²) in [4.78, 5) is 14.0. The number of nitrogens with zero attached hydrogens (tertiary/aromatic N) is 4. The lowest BCUT2D eigenvalue weighted by Crippen LogP contribution is -2.55. The van der Waals surface area contributed by atoms with Gasteiger partial charge in [0.05, 0.1) is 23.3 Å². The Morgan fingerprint density at radius 3 is 2.39 bits per heavy atom. The lowest BCUT2D eigenvalue weighted by atomic mass is 9.56. The molecule has 8 nitrogen and oxygen atoms in total. The van der Waals surface area contributed by atoms with E-state index in [-0.39, 0.29) is 62.1 Å². The summed E-state index contributed by atoms with van der Waals surface area (Å²) in [6.45, 7) is 6.45. The second-order valence-electron chi connectivity index (χ2n) is 16.4. The molecule has 2 aliphatic carbocycles. The van der Waals surface area contributed by atoms with Gasteiger partial charge in [-0.1, -0.05) is 12.0 Å². The maximum atomic E-state index is 17.0. The van der Waals surface area contributed by atoms with Crippen molar-refractivity contribution < 1.29 is 28.1 Å². The van der Waals surface area contributed by atoms with E-state index in [1.54, 1.807) is 0 Å². The molecule has 2 saturated carbocycles. The highest BCUT2D eigenvalue weighted by Crippen LogP contribution is 2.55. The van der Waals surface area contributed by atoms with E-state index in [1.807, 2.05) is 6.92 Å². The molecule has 266 valence electrons. The van der Waals surface area contributed by atoms with E-state index in [9.17, 15) is 14.6 Å². The molecule has 0 radical (unpaired) electrons. The van der Waals surface area contributed by atoms with Gasteiger partial charge in [0.1, 0.15) is 28.7 Å². The van der Waals surface area contributed by atoms with Crippen molar-refractivity contribution >= 4 is 27.5 Å². The molecular weight excluding hydrogens is 655 g/mol. The first kappa shape index (κ1) is 32.8. The molecule has 1 spiro atoms. The second kappa shape index (κ2) is 11.7. The largest absolute Gasteiger partial charge is 0.508 e. The first-order chi connectivity index (χ1) is 24.4. The first-order valence-corrected chi connectivity index (χ1v) is 18.1. The molecule has 2 bridgehead atoms. The number of benzene rings is 3. The molecule has 5 aliphatic rings. The summed E-state index contributed by atoms with van der Waals surface area (Å²) in [5.41, 5.74) is -1.10. The van der Waals surface area contributed by atoms with E-state index in [1.165, 1.54) is 30.3 Å². The van der Waals surface area contributed by atoms with Crippen molar-refractivity contribution in [2.24, 2.45) is 10.8 Å². The number of aromatic hydroxyl groups is 1. The molecule has 4 aromatic rings. The van der Waals surface area contributed by atoms with E-state index >= 15 is 8.78 Å². The predicted octanol–water partition coefficient (Wildman–Crippen LogP) is 6.28. The highest BCUT2D eigenvalue weighted by Gasteiger charge is 2.53. The van der Waals surface area contributed by atoms with Crippen LogP contribution in [0.15, 0.2) is 30.3 Å². The summed E-state index contributed by atoms with van der Waals surface area (Å²) in [5.74, 6) is -0.0766. The minimum atomic E-state index is -0.964. The number of aliphatic hydroxyl groups is 1. The fraction of sp³-hybridized carbons (Fsp3) is 0.500. The van der Waals surface area contributed by atoms with Crippen molar-refractivity contribution in [3.05, 3.63) is 53.3 Å². The number of hydrogen-bond acceptors (Lipinski definition) is 8. The number of aromatic nitrogens is 2. The number of nitrogens with one attached hydrogen (secondary N) is 1. The third-order valence-electron chi connectivity index (χ3n) is 12.3. The number of terminal acetylenes is 1. The number of phenolic OH excluding ortho intramolecular Hbond substituents is 1. The summed E-state index contributed by atoms with van der Waals surface area (Å²) in [6.07, 6.45) is 13.7. The van der Waals surface area contributed by atoms with Gasteiger partial charge in [0.15, 0.2) is 5.82 Å². The number of piperazine rings is 1. The SMILES string of the molecule is C#Cc1c(F)ccc2cc(O)cc(-c3c(F)cc4c(N5CC6CCC(C5)N6)nc(OCC5(CN6CCC7(CC6)CC(C)(O)C7)CC5)nc4c3F)c12. The maximum Gasteiger partial charge on any atom is 0.319 e. The lowest BCUT2D eigenvalue weighted by Gasteiger charge is -2.55. The molecule has 1 aromatic heterocycles. The Hall–Kier alpha value is -4.11. The molecule has 2 unspecified atom stereocenters. The lowest BCUT2D eigenvalue weighted by molar-refractivity contribution is -0.138. The summed E-state index contributed by atoms with van der Waals surface area (Å²) in [7, 11) is 0. The van der Waals surface area contributed by atoms with Crippen LogP contribution in [-0.2, 0) is 0 Å². The van der Waals surface area contributed by atoms with E-state index in [0.29, 0.717) is 30.9 Å². The summed E-state index contributed by atoms with van der Waals surface area (Å²) in [5, 5.41) is 25.2. The molecule has 5 fully saturated rings. The number of piperidine rings is 1. The summed E-state index contributed by atoms with van der Waals surface area (Å²) in [6, 6.07) is 6.92. The maximum absolute atomic E-state index is 17.0. The topological polar surface area (TPSA) is 94.0 Å². The van der Waals surface area contributed by atoms with Crippen LogP contribution in [0.4, 0.5) is 19.0 Å². The zero-order valence-corrected chi connectivity index (χ0v) is 28.7. The summed E-state index contributed by atoms with van der Waals surface area (Å²) >= 11 is 0. The highest BCUT2D eigenvalue weighted by atomic mass is 19.1. The number of ether oxygens (including phenoxy) is 1. The van der Waals surface area contributed by atoms with Gasteiger partial charge in [-0.05, 0) is 106 Å². The second-order valence-corrected chi connectivity index (χ2v) is 16.4. The monoisotopic (exact) mass is 697 g/mol. The van der Waals surface area contributed by atoms with Crippen molar-refractivity contribution in [3.63, 3.8) is 0 Å². The van der Waals surface area contributed by atoms with E-state index < -0.39 is 28.6 Å². The quantitative estimate of drug-likeness (QED) is 0.195. The Morgan fingerprint density at radius 1 is 1.00 bits per heavy atom. The molecule has 9 rings (SSSR count). The van der Waals surface area contributed by atoms with Gasteiger partial charge in [0, 0.05) is 53.5 Å². The van der Waals surface area contributed by atoms with Gasteiger partial charge >= 0.3 is 6.01 Å².